The molecule has 5 heteroatoms. The van der Waals surface area contributed by atoms with Crippen molar-refractivity contribution in [2.45, 2.75) is 12.5 Å². The first-order valence-electron chi connectivity index (χ1n) is 6.36. The molecule has 0 aliphatic carbocycles. The minimum atomic E-state index is -2.90. The second kappa shape index (κ2) is 4.58. The van der Waals surface area contributed by atoms with Gasteiger partial charge in [-0.05, 0) is 24.0 Å². The van der Waals surface area contributed by atoms with Crippen LogP contribution in [0.15, 0.2) is 36.5 Å². The molecule has 1 aromatic heterocycles. The first-order valence-corrected chi connectivity index (χ1v) is 8.19. The normalized spacial score (nSPS) is 23.5. The van der Waals surface area contributed by atoms with Gasteiger partial charge in [0.15, 0.2) is 9.84 Å². The molecule has 4 nitrogen and oxygen atoms in total. The molecule has 0 bridgehead atoms. The zero-order chi connectivity index (χ0) is 13.5. The number of nitrogens with two attached hydrogens (primary N) is 1. The number of nitrogens with zero attached hydrogens (tertiary/aromatic N) is 1. The van der Waals surface area contributed by atoms with Gasteiger partial charge < -0.3 is 5.73 Å². The standard InChI is InChI=1S/C14H16N2O2S/c15-13(11-6-8-19(17,18)9-11)12-5-1-3-10-4-2-7-16-14(10)12/h1-5,7,11,13H,6,8-9,15H2. The molecule has 0 saturated carbocycles. The first-order chi connectivity index (χ1) is 9.07. The van der Waals surface area contributed by atoms with Gasteiger partial charge >= 0.3 is 0 Å². The molecule has 1 aliphatic heterocycles. The zero-order valence-electron chi connectivity index (χ0n) is 10.5. The van der Waals surface area contributed by atoms with E-state index in [0.29, 0.717) is 6.42 Å². The van der Waals surface area contributed by atoms with Crippen molar-refractivity contribution in [1.29, 1.82) is 0 Å². The van der Waals surface area contributed by atoms with Gasteiger partial charge in [-0.1, -0.05) is 24.3 Å². The molecule has 0 amide bonds. The quantitative estimate of drug-likeness (QED) is 0.905. The van der Waals surface area contributed by atoms with Gasteiger partial charge in [-0.15, -0.1) is 0 Å². The van der Waals surface area contributed by atoms with Crippen molar-refractivity contribution in [3.05, 3.63) is 42.1 Å². The Bertz CT molecular complexity index is 707. The maximum atomic E-state index is 11.6. The summed E-state index contributed by atoms with van der Waals surface area (Å²) >= 11 is 0. The molecule has 100 valence electrons. The van der Waals surface area contributed by atoms with Gasteiger partial charge in [-0.25, -0.2) is 8.42 Å². The highest BCUT2D eigenvalue weighted by Crippen LogP contribution is 2.32. The van der Waals surface area contributed by atoms with Crippen molar-refractivity contribution < 1.29 is 8.42 Å². The fourth-order valence-electron chi connectivity index (χ4n) is 2.76. The van der Waals surface area contributed by atoms with E-state index in [4.69, 9.17) is 5.73 Å². The predicted molar refractivity (Wildman–Crippen MR) is 75.4 cm³/mol. The van der Waals surface area contributed by atoms with Crippen LogP contribution in [0.2, 0.25) is 0 Å². The molecule has 2 heterocycles. The Morgan fingerprint density at radius 1 is 1.26 bits per heavy atom. The fourth-order valence-corrected chi connectivity index (χ4v) is 4.61. The molecule has 1 saturated heterocycles. The van der Waals surface area contributed by atoms with E-state index in [2.05, 4.69) is 4.98 Å². The van der Waals surface area contributed by atoms with Crippen LogP contribution in [-0.4, -0.2) is 24.9 Å². The van der Waals surface area contributed by atoms with Gasteiger partial charge in [-0.3, -0.25) is 4.98 Å². The Labute approximate surface area is 112 Å². The lowest BCUT2D eigenvalue weighted by Gasteiger charge is -2.19. The summed E-state index contributed by atoms with van der Waals surface area (Å²) in [6.07, 6.45) is 2.39. The van der Waals surface area contributed by atoms with Crippen molar-refractivity contribution in [3.63, 3.8) is 0 Å². The van der Waals surface area contributed by atoms with E-state index in [1.54, 1.807) is 6.20 Å². The third-order valence-electron chi connectivity index (χ3n) is 3.80. The predicted octanol–water partition coefficient (Wildman–Crippen LogP) is 1.67. The maximum absolute atomic E-state index is 11.6. The first kappa shape index (κ1) is 12.6. The van der Waals surface area contributed by atoms with Crippen LogP contribution < -0.4 is 5.73 Å². The third kappa shape index (κ3) is 2.35. The molecule has 1 fully saturated rings. The number of benzene rings is 1. The summed E-state index contributed by atoms with van der Waals surface area (Å²) in [6, 6.07) is 9.50. The third-order valence-corrected chi connectivity index (χ3v) is 5.59. The van der Waals surface area contributed by atoms with Crippen LogP contribution in [-0.2, 0) is 9.84 Å². The second-order valence-corrected chi connectivity index (χ2v) is 7.34. The van der Waals surface area contributed by atoms with Gasteiger partial charge in [0.05, 0.1) is 17.0 Å². The Morgan fingerprint density at radius 3 is 2.79 bits per heavy atom. The summed E-state index contributed by atoms with van der Waals surface area (Å²) in [5.41, 5.74) is 8.10. The molecule has 0 radical (unpaired) electrons. The fraction of sp³-hybridized carbons (Fsp3) is 0.357. The van der Waals surface area contributed by atoms with Gasteiger partial charge in [-0.2, -0.15) is 0 Å². The highest BCUT2D eigenvalue weighted by Gasteiger charge is 2.33. The molecule has 19 heavy (non-hydrogen) atoms. The van der Waals surface area contributed by atoms with Gasteiger partial charge in [0.25, 0.3) is 0 Å². The molecule has 3 rings (SSSR count). The molecule has 1 aromatic carbocycles. The molecule has 2 N–H and O–H groups in total. The van der Waals surface area contributed by atoms with Crippen LogP contribution in [0.25, 0.3) is 10.9 Å². The number of aromatic nitrogens is 1. The van der Waals surface area contributed by atoms with Gasteiger partial charge in [0.2, 0.25) is 0 Å². The number of sulfone groups is 1. The van der Waals surface area contributed by atoms with Crippen LogP contribution in [0.3, 0.4) is 0 Å². The van der Waals surface area contributed by atoms with E-state index in [0.717, 1.165) is 16.5 Å². The molecule has 2 unspecified atom stereocenters. The highest BCUT2D eigenvalue weighted by molar-refractivity contribution is 7.91. The summed E-state index contributed by atoms with van der Waals surface area (Å²) in [7, 11) is -2.90. The van der Waals surface area contributed by atoms with Crippen LogP contribution in [0.4, 0.5) is 0 Å². The van der Waals surface area contributed by atoms with Gasteiger partial charge in [0.1, 0.15) is 0 Å². The average Bonchev–Trinajstić information content (AvgIpc) is 2.78. The Morgan fingerprint density at radius 2 is 2.05 bits per heavy atom. The van der Waals surface area contributed by atoms with Crippen molar-refractivity contribution in [2.75, 3.05) is 11.5 Å². The van der Waals surface area contributed by atoms with E-state index >= 15 is 0 Å². The van der Waals surface area contributed by atoms with Crippen molar-refractivity contribution in [1.82, 2.24) is 4.98 Å². The molecule has 2 atom stereocenters. The van der Waals surface area contributed by atoms with Crippen LogP contribution >= 0.6 is 0 Å². The summed E-state index contributed by atoms with van der Waals surface area (Å²) in [5, 5.41) is 1.04. The summed E-state index contributed by atoms with van der Waals surface area (Å²) in [4.78, 5) is 4.38. The Balaban J connectivity index is 2.00. The van der Waals surface area contributed by atoms with Crippen molar-refractivity contribution in [3.8, 4) is 0 Å². The number of hydrogen-bond donors (Lipinski definition) is 1. The minimum absolute atomic E-state index is 0.00222. The lowest BCUT2D eigenvalue weighted by atomic mass is 9.92. The van der Waals surface area contributed by atoms with Crippen LogP contribution in [0.1, 0.15) is 18.0 Å². The maximum Gasteiger partial charge on any atom is 0.150 e. The zero-order valence-corrected chi connectivity index (χ0v) is 11.3. The number of fused-ring (bicyclic) bond motifs is 1. The van der Waals surface area contributed by atoms with Crippen molar-refractivity contribution in [2.24, 2.45) is 11.7 Å². The van der Waals surface area contributed by atoms with E-state index in [1.165, 1.54) is 0 Å². The number of hydrogen-bond acceptors (Lipinski definition) is 4. The molecular formula is C14H16N2O2S. The second-order valence-electron chi connectivity index (χ2n) is 5.11. The summed E-state index contributed by atoms with van der Waals surface area (Å²) in [6.45, 7) is 0. The molecule has 0 spiro atoms. The van der Waals surface area contributed by atoms with Crippen molar-refractivity contribution >= 4 is 20.7 Å². The van der Waals surface area contributed by atoms with Crippen LogP contribution in [0.5, 0.6) is 0 Å². The highest BCUT2D eigenvalue weighted by atomic mass is 32.2. The van der Waals surface area contributed by atoms with Gasteiger partial charge in [0, 0.05) is 17.6 Å². The molecule has 1 aliphatic rings. The number of pyridine rings is 1. The summed E-state index contributed by atoms with van der Waals surface area (Å²) < 4.78 is 23.1. The molecule has 2 aromatic rings. The number of para-hydroxylation sites is 1. The monoisotopic (exact) mass is 276 g/mol. The number of rotatable bonds is 2. The lowest BCUT2D eigenvalue weighted by molar-refractivity contribution is 0.482. The van der Waals surface area contributed by atoms with E-state index in [1.807, 2.05) is 30.3 Å². The summed E-state index contributed by atoms with van der Waals surface area (Å²) in [5.74, 6) is 0.443. The Hall–Kier alpha value is -1.46. The topological polar surface area (TPSA) is 73.0 Å². The lowest BCUT2D eigenvalue weighted by Crippen LogP contribution is -2.22. The van der Waals surface area contributed by atoms with E-state index in [9.17, 15) is 8.42 Å². The smallest absolute Gasteiger partial charge is 0.150 e. The molecular weight excluding hydrogens is 260 g/mol. The largest absolute Gasteiger partial charge is 0.324 e. The SMILES string of the molecule is NC(c1cccc2cccnc12)C1CCS(=O)(=O)C1. The van der Waals surface area contributed by atoms with Crippen LogP contribution in [0, 0.1) is 5.92 Å². The van der Waals surface area contributed by atoms with E-state index < -0.39 is 9.84 Å². The average molecular weight is 276 g/mol. The Kier molecular flexibility index (Phi) is 3.03. The van der Waals surface area contributed by atoms with E-state index in [-0.39, 0.29) is 23.5 Å². The minimum Gasteiger partial charge on any atom is -0.324 e.